The topological polar surface area (TPSA) is 185 Å². The molecule has 0 aromatic heterocycles. The lowest BCUT2D eigenvalue weighted by Crippen LogP contribution is -2.60. The number of ether oxygens (including phenoxy) is 5. The quantitative estimate of drug-likeness (QED) is 0.221. The van der Waals surface area contributed by atoms with Crippen LogP contribution in [-0.4, -0.2) is 100 Å². The van der Waals surface area contributed by atoms with Gasteiger partial charge in [-0.3, -0.25) is 0 Å². The van der Waals surface area contributed by atoms with E-state index in [4.69, 9.17) is 23.7 Å². The molecule has 208 valence electrons. The van der Waals surface area contributed by atoms with Gasteiger partial charge in [0.25, 0.3) is 0 Å². The number of methoxy groups -OCH3 is 2. The number of cyclic esters (lactones) is 1. The average molecular weight is 537 g/mol. The zero-order valence-electron chi connectivity index (χ0n) is 20.9. The molecule has 0 amide bonds. The fourth-order valence-electron chi connectivity index (χ4n) is 4.70. The number of hydrogen-bond donors (Lipinski definition) is 6. The summed E-state index contributed by atoms with van der Waals surface area (Å²) in [6.07, 6.45) is -7.10. The molecular formula is C26H32O12. The molecular weight excluding hydrogens is 504 g/mol. The number of aliphatic hydroxyl groups excluding tert-OH is 4. The SMILES string of the molecule is COc1cc(CC2COC(=O)C2(O)Cc2ccc(O[C@@H]3O[C@H](CO)[C@@H](O)[C@H](O)[C@H]3O)c(OC)c2)ccc1O. The summed E-state index contributed by atoms with van der Waals surface area (Å²) in [5, 5.41) is 60.9. The maximum absolute atomic E-state index is 12.6. The third kappa shape index (κ3) is 5.37. The minimum atomic E-state index is -1.84. The van der Waals surface area contributed by atoms with Crippen molar-refractivity contribution in [2.45, 2.75) is 49.1 Å². The predicted molar refractivity (Wildman–Crippen MR) is 129 cm³/mol. The van der Waals surface area contributed by atoms with E-state index in [2.05, 4.69) is 0 Å². The van der Waals surface area contributed by atoms with Gasteiger partial charge in [-0.15, -0.1) is 0 Å². The number of aliphatic hydroxyl groups is 5. The van der Waals surface area contributed by atoms with Gasteiger partial charge in [0, 0.05) is 12.3 Å². The molecule has 2 aromatic carbocycles. The van der Waals surface area contributed by atoms with Crippen LogP contribution in [0.4, 0.5) is 0 Å². The summed E-state index contributed by atoms with van der Waals surface area (Å²) < 4.78 is 26.8. The Labute approximate surface area is 218 Å². The summed E-state index contributed by atoms with van der Waals surface area (Å²) in [6, 6.07) is 9.40. The van der Waals surface area contributed by atoms with Crippen molar-refractivity contribution in [2.75, 3.05) is 27.4 Å². The number of benzene rings is 2. The molecule has 12 nitrogen and oxygen atoms in total. The van der Waals surface area contributed by atoms with Crippen LogP contribution >= 0.6 is 0 Å². The summed E-state index contributed by atoms with van der Waals surface area (Å²) in [5.74, 6) is -0.780. The molecule has 2 unspecified atom stereocenters. The first kappa shape index (κ1) is 27.9. The summed E-state index contributed by atoms with van der Waals surface area (Å²) in [4.78, 5) is 12.6. The van der Waals surface area contributed by atoms with E-state index in [9.17, 15) is 35.4 Å². The van der Waals surface area contributed by atoms with E-state index >= 15 is 0 Å². The van der Waals surface area contributed by atoms with E-state index in [1.54, 1.807) is 24.3 Å². The number of rotatable bonds is 9. The van der Waals surface area contributed by atoms with Gasteiger partial charge >= 0.3 is 5.97 Å². The van der Waals surface area contributed by atoms with Crippen LogP contribution in [-0.2, 0) is 27.1 Å². The number of aromatic hydroxyl groups is 1. The third-order valence-corrected chi connectivity index (χ3v) is 6.96. The van der Waals surface area contributed by atoms with E-state index in [1.807, 2.05) is 0 Å². The van der Waals surface area contributed by atoms with Crippen molar-refractivity contribution < 1.29 is 59.1 Å². The number of esters is 1. The van der Waals surface area contributed by atoms with Crippen LogP contribution in [0.1, 0.15) is 11.1 Å². The van der Waals surface area contributed by atoms with E-state index < -0.39 is 54.8 Å². The molecule has 2 fully saturated rings. The molecule has 0 saturated carbocycles. The van der Waals surface area contributed by atoms with Crippen molar-refractivity contribution in [2.24, 2.45) is 5.92 Å². The van der Waals surface area contributed by atoms with Crippen LogP contribution in [0.2, 0.25) is 0 Å². The molecule has 0 radical (unpaired) electrons. The first-order valence-corrected chi connectivity index (χ1v) is 12.0. The van der Waals surface area contributed by atoms with Gasteiger partial charge in [0.05, 0.1) is 27.4 Å². The Morgan fingerprint density at radius 3 is 2.32 bits per heavy atom. The Kier molecular flexibility index (Phi) is 8.31. The highest BCUT2D eigenvalue weighted by atomic mass is 16.7. The number of hydrogen-bond acceptors (Lipinski definition) is 12. The maximum Gasteiger partial charge on any atom is 0.338 e. The monoisotopic (exact) mass is 536 g/mol. The van der Waals surface area contributed by atoms with Crippen molar-refractivity contribution in [3.63, 3.8) is 0 Å². The Morgan fingerprint density at radius 1 is 0.947 bits per heavy atom. The molecule has 0 spiro atoms. The molecule has 2 heterocycles. The lowest BCUT2D eigenvalue weighted by atomic mass is 9.81. The summed E-state index contributed by atoms with van der Waals surface area (Å²) in [7, 11) is 2.80. The van der Waals surface area contributed by atoms with Gasteiger partial charge in [0.15, 0.2) is 28.6 Å². The van der Waals surface area contributed by atoms with Crippen LogP contribution in [0, 0.1) is 5.92 Å². The van der Waals surface area contributed by atoms with Crippen LogP contribution in [0.25, 0.3) is 0 Å². The zero-order valence-corrected chi connectivity index (χ0v) is 20.9. The van der Waals surface area contributed by atoms with Gasteiger partial charge in [-0.05, 0) is 41.8 Å². The smallest absolute Gasteiger partial charge is 0.338 e. The fourth-order valence-corrected chi connectivity index (χ4v) is 4.70. The van der Waals surface area contributed by atoms with Crippen molar-refractivity contribution in [1.29, 1.82) is 0 Å². The lowest BCUT2D eigenvalue weighted by molar-refractivity contribution is -0.277. The van der Waals surface area contributed by atoms with Crippen LogP contribution in [0.3, 0.4) is 0 Å². The second-order valence-corrected chi connectivity index (χ2v) is 9.41. The highest BCUT2D eigenvalue weighted by Crippen LogP contribution is 2.38. The predicted octanol–water partition coefficient (Wildman–Crippen LogP) is -0.723. The molecule has 7 atom stereocenters. The lowest BCUT2D eigenvalue weighted by Gasteiger charge is -2.39. The van der Waals surface area contributed by atoms with Gasteiger partial charge in [-0.25, -0.2) is 4.79 Å². The molecule has 4 rings (SSSR count). The molecule has 2 saturated heterocycles. The number of carbonyl (C=O) groups excluding carboxylic acids is 1. The fraction of sp³-hybridized carbons (Fsp3) is 0.500. The van der Waals surface area contributed by atoms with E-state index in [0.29, 0.717) is 5.56 Å². The summed E-state index contributed by atoms with van der Waals surface area (Å²) in [5.41, 5.74) is -0.574. The van der Waals surface area contributed by atoms with Gasteiger partial charge < -0.3 is 54.3 Å². The maximum atomic E-state index is 12.6. The Morgan fingerprint density at radius 2 is 1.63 bits per heavy atom. The molecule has 12 heteroatoms. The largest absolute Gasteiger partial charge is 0.504 e. The highest BCUT2D eigenvalue weighted by molar-refractivity contribution is 5.82. The second-order valence-electron chi connectivity index (χ2n) is 9.41. The van der Waals surface area contributed by atoms with Gasteiger partial charge in [0.2, 0.25) is 6.29 Å². The number of phenols is 1. The first-order chi connectivity index (χ1) is 18.1. The van der Waals surface area contributed by atoms with Crippen molar-refractivity contribution >= 4 is 5.97 Å². The average Bonchev–Trinajstić information content (AvgIpc) is 3.18. The van der Waals surface area contributed by atoms with E-state index in [0.717, 1.165) is 5.56 Å². The summed E-state index contributed by atoms with van der Waals surface area (Å²) in [6.45, 7) is -0.596. The molecule has 38 heavy (non-hydrogen) atoms. The van der Waals surface area contributed by atoms with Crippen LogP contribution < -0.4 is 14.2 Å². The number of carbonyl (C=O) groups is 1. The minimum absolute atomic E-state index is 0.00790. The standard InChI is InChI=1S/C26H32O12/c1-34-18-8-13(3-5-16(18)28)7-15-12-36-25(32)26(15,33)10-14-4-6-17(19(9-14)35-2)37-24-23(31)22(30)21(29)20(11-27)38-24/h3-6,8-9,15,20-24,27-31,33H,7,10-12H2,1-2H3/t15?,20-,21-,22+,23-,24-,26?/m1/s1. The molecule has 0 bridgehead atoms. The Hall–Kier alpha value is -3.13. The highest BCUT2D eigenvalue weighted by Gasteiger charge is 2.51. The normalized spacial score (nSPS) is 31.1. The molecule has 2 aromatic rings. The van der Waals surface area contributed by atoms with Gasteiger partial charge in [-0.2, -0.15) is 0 Å². The van der Waals surface area contributed by atoms with Crippen molar-refractivity contribution in [3.8, 4) is 23.0 Å². The van der Waals surface area contributed by atoms with Gasteiger partial charge in [0.1, 0.15) is 24.4 Å². The zero-order chi connectivity index (χ0) is 27.6. The third-order valence-electron chi connectivity index (χ3n) is 6.96. The number of phenolic OH excluding ortho intramolecular Hbond substituents is 1. The van der Waals surface area contributed by atoms with Crippen LogP contribution in [0.5, 0.6) is 23.0 Å². The van der Waals surface area contributed by atoms with E-state index in [1.165, 1.54) is 26.4 Å². The second kappa shape index (κ2) is 11.3. The molecule has 2 aliphatic rings. The Bertz CT molecular complexity index is 1140. The van der Waals surface area contributed by atoms with Crippen molar-refractivity contribution in [3.05, 3.63) is 47.5 Å². The minimum Gasteiger partial charge on any atom is -0.504 e. The van der Waals surface area contributed by atoms with Gasteiger partial charge in [-0.1, -0.05) is 12.1 Å². The molecule has 6 N–H and O–H groups in total. The molecule has 0 aliphatic carbocycles. The summed E-state index contributed by atoms with van der Waals surface area (Å²) >= 11 is 0. The van der Waals surface area contributed by atoms with E-state index in [-0.39, 0.29) is 42.4 Å². The molecule has 2 aliphatic heterocycles. The first-order valence-electron chi connectivity index (χ1n) is 12.0. The Balaban J connectivity index is 1.52. The van der Waals surface area contributed by atoms with Crippen LogP contribution in [0.15, 0.2) is 36.4 Å². The van der Waals surface area contributed by atoms with Crippen molar-refractivity contribution in [1.82, 2.24) is 0 Å².